The maximum absolute atomic E-state index is 13.6. The van der Waals surface area contributed by atoms with Gasteiger partial charge in [0.25, 0.3) is 11.4 Å². The number of benzene rings is 2. The lowest BCUT2D eigenvalue weighted by molar-refractivity contribution is -0.393. The van der Waals surface area contributed by atoms with E-state index in [1.54, 1.807) is 0 Å². The summed E-state index contributed by atoms with van der Waals surface area (Å²) in [6, 6.07) is 3.37. The Labute approximate surface area is 335 Å². The maximum atomic E-state index is 13.6. The van der Waals surface area contributed by atoms with Crippen LogP contribution in [-0.4, -0.2) is 154 Å². The van der Waals surface area contributed by atoms with Gasteiger partial charge in [-0.1, -0.05) is 0 Å². The molecule has 0 heterocycles. The van der Waals surface area contributed by atoms with Crippen LogP contribution in [0.25, 0.3) is 0 Å². The third-order valence-corrected chi connectivity index (χ3v) is 7.13. The summed E-state index contributed by atoms with van der Waals surface area (Å²) in [5, 5.41) is 24.8. The predicted octanol–water partition coefficient (Wildman–Crippen LogP) is 3.77. The van der Waals surface area contributed by atoms with Gasteiger partial charge in [0.15, 0.2) is 0 Å². The van der Waals surface area contributed by atoms with E-state index in [1.165, 1.54) is 12.1 Å². The van der Waals surface area contributed by atoms with Gasteiger partial charge in [-0.25, -0.2) is 13.2 Å². The molecule has 0 aliphatic carbocycles. The molecule has 0 bridgehead atoms. The van der Waals surface area contributed by atoms with Gasteiger partial charge >= 0.3 is 5.97 Å². The quantitative estimate of drug-likeness (QED) is 0.0149. The van der Waals surface area contributed by atoms with E-state index in [0.29, 0.717) is 92.5 Å². The number of non-ortho nitro benzene ring substituents is 1. The molecule has 24 heteroatoms. The zero-order chi connectivity index (χ0) is 43.1. The zero-order valence-electron chi connectivity index (χ0n) is 32.1. The van der Waals surface area contributed by atoms with Gasteiger partial charge in [-0.05, 0) is 6.07 Å². The number of carbonyl (C=O) groups excluding carboxylic acids is 1. The van der Waals surface area contributed by atoms with E-state index in [-0.39, 0.29) is 63.2 Å². The number of anilines is 1. The van der Waals surface area contributed by atoms with Gasteiger partial charge in [0.05, 0.1) is 154 Å². The molecule has 0 aromatic heterocycles. The molecule has 0 fully saturated rings. The molecule has 0 radical (unpaired) electrons. The molecule has 334 valence electrons. The summed E-state index contributed by atoms with van der Waals surface area (Å²) in [7, 11) is 0. The summed E-state index contributed by atoms with van der Waals surface area (Å²) in [5.41, 5.74) is -0.592. The second-order valence-corrected chi connectivity index (χ2v) is 11.4. The van der Waals surface area contributed by atoms with Crippen molar-refractivity contribution in [3.8, 4) is 5.75 Å². The molecule has 2 rings (SSSR count). The van der Waals surface area contributed by atoms with Crippen molar-refractivity contribution in [3.63, 3.8) is 0 Å². The molecule has 0 saturated carbocycles. The molecular weight excluding hydrogens is 813 g/mol. The van der Waals surface area contributed by atoms with E-state index in [1.807, 2.05) is 0 Å². The molecule has 0 aliphatic rings. The zero-order valence-corrected chi connectivity index (χ0v) is 32.1. The van der Waals surface area contributed by atoms with E-state index in [0.717, 1.165) is 6.07 Å². The van der Waals surface area contributed by atoms with Crippen LogP contribution in [0.1, 0.15) is 6.42 Å². The number of carbonyl (C=O) groups is 1. The van der Waals surface area contributed by atoms with Crippen molar-refractivity contribution in [2.75, 3.05) is 144 Å². The smallest absolute Gasteiger partial charge is 0.313 e. The lowest BCUT2D eigenvalue weighted by Gasteiger charge is -2.09. The summed E-state index contributed by atoms with van der Waals surface area (Å²) in [4.78, 5) is 32.2. The summed E-state index contributed by atoms with van der Waals surface area (Å²) >= 11 is 0. The van der Waals surface area contributed by atoms with Crippen molar-refractivity contribution in [3.05, 3.63) is 67.5 Å². The SMILES string of the molecule is O=C(CCOCCOCCOCCOCCOCCOCCOCCOCCOCCOCCNc1ccc([N+](=O)[O-])cc1[N+](=O)[O-])Oc1c(F)c(F)c(F)c(F)c1F. The van der Waals surface area contributed by atoms with Crippen molar-refractivity contribution in [1.29, 1.82) is 0 Å². The minimum atomic E-state index is -2.36. The number of hydrogen-bond donors (Lipinski definition) is 1. The fraction of sp³-hybridized carbons (Fsp3) is 0.629. The molecule has 2 aromatic carbocycles. The van der Waals surface area contributed by atoms with Crippen molar-refractivity contribution in [1.82, 2.24) is 0 Å². The van der Waals surface area contributed by atoms with E-state index in [9.17, 15) is 47.0 Å². The minimum Gasteiger partial charge on any atom is -0.420 e. The van der Waals surface area contributed by atoms with Crippen molar-refractivity contribution in [2.24, 2.45) is 0 Å². The molecular formula is C35H48F5N3O16. The number of nitrogens with one attached hydrogen (secondary N) is 1. The molecule has 0 atom stereocenters. The van der Waals surface area contributed by atoms with E-state index < -0.39 is 57.1 Å². The molecule has 59 heavy (non-hydrogen) atoms. The summed E-state index contributed by atoms with van der Waals surface area (Å²) < 4.78 is 124. The van der Waals surface area contributed by atoms with Crippen LogP contribution in [0.2, 0.25) is 0 Å². The highest BCUT2D eigenvalue weighted by Crippen LogP contribution is 2.30. The highest BCUT2D eigenvalue weighted by Gasteiger charge is 2.28. The van der Waals surface area contributed by atoms with Crippen LogP contribution in [-0.2, 0) is 52.2 Å². The Balaban J connectivity index is 1.23. The number of nitro groups is 2. The average Bonchev–Trinajstić information content (AvgIpc) is 3.22. The number of ether oxygens (including phenoxy) is 11. The summed E-state index contributed by atoms with van der Waals surface area (Å²) in [5.74, 6) is -14.2. The van der Waals surface area contributed by atoms with Gasteiger partial charge < -0.3 is 57.4 Å². The summed E-state index contributed by atoms with van der Waals surface area (Å²) in [6.07, 6.45) is -0.502. The first kappa shape index (κ1) is 50.9. The standard InChI is InChI=1S/C35H48F5N3O16/c36-30-31(37)33(39)35(34(40)32(30)38)59-29(44)3-5-49-7-9-51-11-13-53-15-17-55-19-21-57-23-24-58-22-20-56-18-16-54-14-12-52-10-8-50-6-4-41-27-2-1-26(42(45)46)25-28(27)43(47)48/h1-2,25,41H,3-24H2. The maximum Gasteiger partial charge on any atom is 0.313 e. The van der Waals surface area contributed by atoms with E-state index >= 15 is 0 Å². The number of rotatable bonds is 37. The normalized spacial score (nSPS) is 11.3. The topological polar surface area (TPSA) is 217 Å². The third kappa shape index (κ3) is 22.1. The highest BCUT2D eigenvalue weighted by atomic mass is 19.2. The average molecular weight is 862 g/mol. The number of hydrogen-bond acceptors (Lipinski definition) is 17. The number of nitrogens with zero attached hydrogens (tertiary/aromatic N) is 2. The van der Waals surface area contributed by atoms with Gasteiger partial charge in [-0.2, -0.15) is 8.78 Å². The molecule has 0 amide bonds. The van der Waals surface area contributed by atoms with Crippen molar-refractivity contribution < 1.29 is 88.7 Å². The monoisotopic (exact) mass is 861 g/mol. The van der Waals surface area contributed by atoms with Crippen molar-refractivity contribution in [2.45, 2.75) is 6.42 Å². The van der Waals surface area contributed by atoms with Crippen molar-refractivity contribution >= 4 is 23.0 Å². The first-order valence-corrected chi connectivity index (χ1v) is 18.2. The lowest BCUT2D eigenvalue weighted by Crippen LogP contribution is -2.16. The Bertz CT molecular complexity index is 1510. The first-order valence-electron chi connectivity index (χ1n) is 18.2. The number of halogens is 5. The fourth-order valence-electron chi connectivity index (χ4n) is 4.27. The van der Waals surface area contributed by atoms with Crippen LogP contribution < -0.4 is 10.1 Å². The lowest BCUT2D eigenvalue weighted by atomic mass is 10.2. The molecule has 19 nitrogen and oxygen atoms in total. The second kappa shape index (κ2) is 31.7. The molecule has 2 aromatic rings. The Hall–Kier alpha value is -4.24. The third-order valence-electron chi connectivity index (χ3n) is 7.13. The van der Waals surface area contributed by atoms with Crippen LogP contribution >= 0.6 is 0 Å². The van der Waals surface area contributed by atoms with Gasteiger partial charge in [0.2, 0.25) is 34.8 Å². The van der Waals surface area contributed by atoms with Gasteiger partial charge in [-0.3, -0.25) is 25.0 Å². The minimum absolute atomic E-state index is 0.0624. The van der Waals surface area contributed by atoms with Crippen LogP contribution in [0.15, 0.2) is 18.2 Å². The molecule has 0 aliphatic heterocycles. The molecule has 0 spiro atoms. The Morgan fingerprint density at radius 2 is 0.831 bits per heavy atom. The Morgan fingerprint density at radius 3 is 1.19 bits per heavy atom. The van der Waals surface area contributed by atoms with Gasteiger partial charge in [0.1, 0.15) is 5.69 Å². The highest BCUT2D eigenvalue weighted by molar-refractivity contribution is 5.72. The van der Waals surface area contributed by atoms with Crippen LogP contribution in [0.4, 0.5) is 39.0 Å². The largest absolute Gasteiger partial charge is 0.420 e. The van der Waals surface area contributed by atoms with Gasteiger partial charge in [-0.15, -0.1) is 0 Å². The fourth-order valence-corrected chi connectivity index (χ4v) is 4.27. The predicted molar refractivity (Wildman–Crippen MR) is 193 cm³/mol. The Kier molecular flexibility index (Phi) is 27.3. The van der Waals surface area contributed by atoms with Crippen LogP contribution in [0.5, 0.6) is 5.75 Å². The molecule has 0 unspecified atom stereocenters. The first-order chi connectivity index (χ1) is 28.5. The van der Waals surface area contributed by atoms with Crippen LogP contribution in [0.3, 0.4) is 0 Å². The van der Waals surface area contributed by atoms with E-state index in [4.69, 9.17) is 47.4 Å². The Morgan fingerprint density at radius 1 is 0.492 bits per heavy atom. The molecule has 1 N–H and O–H groups in total. The second-order valence-electron chi connectivity index (χ2n) is 11.4. The number of nitro benzene ring substituents is 2. The summed E-state index contributed by atoms with van der Waals surface area (Å²) in [6.45, 7) is 6.18. The number of esters is 1. The van der Waals surface area contributed by atoms with Gasteiger partial charge in [0, 0.05) is 12.6 Å². The molecule has 0 saturated heterocycles. The van der Waals surface area contributed by atoms with Crippen LogP contribution in [0, 0.1) is 49.3 Å². The van der Waals surface area contributed by atoms with E-state index in [2.05, 4.69) is 10.1 Å².